The van der Waals surface area contributed by atoms with Crippen LogP contribution in [0.5, 0.6) is 6.01 Å². The number of rotatable bonds is 3. The molecule has 5 nitrogen and oxygen atoms in total. The van der Waals surface area contributed by atoms with Gasteiger partial charge in [0.25, 0.3) is 0 Å². The quantitative estimate of drug-likeness (QED) is 0.818. The minimum atomic E-state index is 0.339. The molecule has 1 aliphatic heterocycles. The number of aromatic nitrogens is 2. The summed E-state index contributed by atoms with van der Waals surface area (Å²) in [6.07, 6.45) is 1.55. The Kier molecular flexibility index (Phi) is 2.93. The van der Waals surface area contributed by atoms with E-state index in [1.807, 2.05) is 0 Å². The second kappa shape index (κ2) is 4.20. The summed E-state index contributed by atoms with van der Waals surface area (Å²) >= 11 is 6.00. The lowest BCUT2D eigenvalue weighted by molar-refractivity contribution is 0.374. The lowest BCUT2D eigenvalue weighted by Gasteiger charge is -2.39. The average molecular weight is 229 g/mol. The molecule has 0 bridgehead atoms. The SMILES string of the molecule is COc1ncc(Cl)c(N2CC(CN)C2)n1. The molecule has 2 N–H and O–H groups in total. The molecule has 0 saturated carbocycles. The standard InChI is InChI=1S/C9H13ClN4O/c1-15-9-12-3-7(10)8(13-9)14-4-6(2-11)5-14/h3,6H,2,4-5,11H2,1H3. The number of ether oxygens (including phenoxy) is 1. The lowest BCUT2D eigenvalue weighted by atomic mass is 10.0. The van der Waals surface area contributed by atoms with Gasteiger partial charge in [0.1, 0.15) is 5.02 Å². The molecule has 1 fully saturated rings. The predicted molar refractivity (Wildman–Crippen MR) is 58.4 cm³/mol. The molecule has 1 aromatic rings. The van der Waals surface area contributed by atoms with Gasteiger partial charge in [0.2, 0.25) is 0 Å². The summed E-state index contributed by atoms with van der Waals surface area (Å²) in [7, 11) is 1.53. The van der Waals surface area contributed by atoms with Crippen molar-refractivity contribution in [3.05, 3.63) is 11.2 Å². The van der Waals surface area contributed by atoms with Crippen molar-refractivity contribution in [3.63, 3.8) is 0 Å². The van der Waals surface area contributed by atoms with E-state index >= 15 is 0 Å². The van der Waals surface area contributed by atoms with E-state index in [1.165, 1.54) is 7.11 Å². The van der Waals surface area contributed by atoms with E-state index in [9.17, 15) is 0 Å². The van der Waals surface area contributed by atoms with Crippen molar-refractivity contribution in [3.8, 4) is 6.01 Å². The molecule has 1 aliphatic rings. The molecule has 0 aromatic carbocycles. The van der Waals surface area contributed by atoms with Crippen molar-refractivity contribution in [2.75, 3.05) is 31.6 Å². The van der Waals surface area contributed by atoms with Crippen molar-refractivity contribution in [1.82, 2.24) is 9.97 Å². The second-order valence-electron chi connectivity index (χ2n) is 3.53. The van der Waals surface area contributed by atoms with Crippen molar-refractivity contribution in [2.45, 2.75) is 0 Å². The van der Waals surface area contributed by atoms with Gasteiger partial charge in [-0.3, -0.25) is 0 Å². The fourth-order valence-electron chi connectivity index (χ4n) is 1.55. The van der Waals surface area contributed by atoms with Crippen LogP contribution in [-0.4, -0.2) is 36.7 Å². The zero-order chi connectivity index (χ0) is 10.8. The number of halogens is 1. The molecule has 0 unspecified atom stereocenters. The van der Waals surface area contributed by atoms with E-state index in [0.29, 0.717) is 23.5 Å². The van der Waals surface area contributed by atoms with E-state index in [4.69, 9.17) is 22.1 Å². The molecule has 0 atom stereocenters. The van der Waals surface area contributed by atoms with Crippen LogP contribution in [0.4, 0.5) is 5.82 Å². The van der Waals surface area contributed by atoms with Gasteiger partial charge in [-0.1, -0.05) is 11.6 Å². The van der Waals surface area contributed by atoms with E-state index < -0.39 is 0 Å². The fourth-order valence-corrected chi connectivity index (χ4v) is 1.77. The van der Waals surface area contributed by atoms with Crippen LogP contribution in [0.1, 0.15) is 0 Å². The third kappa shape index (κ3) is 1.98. The van der Waals surface area contributed by atoms with Crippen LogP contribution >= 0.6 is 11.6 Å². The Morgan fingerprint density at radius 3 is 3.00 bits per heavy atom. The first-order valence-corrected chi connectivity index (χ1v) is 5.14. The van der Waals surface area contributed by atoms with Crippen LogP contribution in [0.2, 0.25) is 5.02 Å². The summed E-state index contributed by atoms with van der Waals surface area (Å²) in [5.41, 5.74) is 5.55. The van der Waals surface area contributed by atoms with Gasteiger partial charge in [-0.25, -0.2) is 4.98 Å². The number of nitrogens with two attached hydrogens (primary N) is 1. The number of methoxy groups -OCH3 is 1. The van der Waals surface area contributed by atoms with Gasteiger partial charge in [0.15, 0.2) is 5.82 Å². The van der Waals surface area contributed by atoms with Gasteiger partial charge in [-0.15, -0.1) is 0 Å². The highest BCUT2D eigenvalue weighted by Gasteiger charge is 2.28. The van der Waals surface area contributed by atoms with E-state index in [0.717, 1.165) is 18.9 Å². The summed E-state index contributed by atoms with van der Waals surface area (Å²) in [4.78, 5) is 10.2. The van der Waals surface area contributed by atoms with E-state index in [1.54, 1.807) is 6.20 Å². The van der Waals surface area contributed by atoms with Gasteiger partial charge in [-0.2, -0.15) is 4.98 Å². The normalized spacial score (nSPS) is 16.3. The fraction of sp³-hybridized carbons (Fsp3) is 0.556. The Bertz CT molecular complexity index is 354. The molecule has 6 heteroatoms. The van der Waals surface area contributed by atoms with Gasteiger partial charge >= 0.3 is 6.01 Å². The zero-order valence-electron chi connectivity index (χ0n) is 8.48. The molecule has 0 amide bonds. The molecule has 0 spiro atoms. The molecule has 2 heterocycles. The lowest BCUT2D eigenvalue weighted by Crippen LogP contribution is -2.50. The Labute approximate surface area is 93.2 Å². The summed E-state index contributed by atoms with van der Waals surface area (Å²) in [6.45, 7) is 2.50. The molecule has 0 radical (unpaired) electrons. The van der Waals surface area contributed by atoms with Crippen molar-refractivity contribution in [1.29, 1.82) is 0 Å². The van der Waals surface area contributed by atoms with Gasteiger partial charge in [0.05, 0.1) is 13.3 Å². The third-order valence-corrected chi connectivity index (χ3v) is 2.74. The van der Waals surface area contributed by atoms with Crippen molar-refractivity contribution < 1.29 is 4.74 Å². The molecule has 15 heavy (non-hydrogen) atoms. The largest absolute Gasteiger partial charge is 0.467 e. The number of anilines is 1. The highest BCUT2D eigenvalue weighted by molar-refractivity contribution is 6.32. The van der Waals surface area contributed by atoms with Crippen LogP contribution in [0.15, 0.2) is 6.20 Å². The molecule has 1 aromatic heterocycles. The smallest absolute Gasteiger partial charge is 0.318 e. The molecule has 0 aliphatic carbocycles. The monoisotopic (exact) mass is 228 g/mol. The minimum Gasteiger partial charge on any atom is -0.467 e. The minimum absolute atomic E-state index is 0.339. The summed E-state index contributed by atoms with van der Waals surface area (Å²) in [5.74, 6) is 1.27. The Hall–Kier alpha value is -1.07. The van der Waals surface area contributed by atoms with Crippen molar-refractivity contribution >= 4 is 17.4 Å². The maximum Gasteiger partial charge on any atom is 0.318 e. The maximum atomic E-state index is 6.00. The van der Waals surface area contributed by atoms with Gasteiger partial charge in [0, 0.05) is 19.0 Å². The molecular formula is C9H13ClN4O. The van der Waals surface area contributed by atoms with Gasteiger partial charge < -0.3 is 15.4 Å². The first kappa shape index (κ1) is 10.4. The first-order valence-electron chi connectivity index (χ1n) is 4.76. The predicted octanol–water partition coefficient (Wildman–Crippen LogP) is 0.533. The Morgan fingerprint density at radius 1 is 1.67 bits per heavy atom. The number of hydrogen-bond acceptors (Lipinski definition) is 5. The highest BCUT2D eigenvalue weighted by atomic mass is 35.5. The van der Waals surface area contributed by atoms with E-state index in [-0.39, 0.29) is 0 Å². The number of hydrogen-bond donors (Lipinski definition) is 1. The van der Waals surface area contributed by atoms with Crippen molar-refractivity contribution in [2.24, 2.45) is 11.7 Å². The van der Waals surface area contributed by atoms with Crippen LogP contribution in [0.25, 0.3) is 0 Å². The Morgan fingerprint density at radius 2 is 2.40 bits per heavy atom. The average Bonchev–Trinajstić information content (AvgIpc) is 2.19. The van der Waals surface area contributed by atoms with Crippen LogP contribution in [0, 0.1) is 5.92 Å². The maximum absolute atomic E-state index is 6.00. The highest BCUT2D eigenvalue weighted by Crippen LogP contribution is 2.29. The second-order valence-corrected chi connectivity index (χ2v) is 3.94. The van der Waals surface area contributed by atoms with Crippen LogP contribution in [0.3, 0.4) is 0 Å². The molecule has 2 rings (SSSR count). The Balaban J connectivity index is 2.14. The van der Waals surface area contributed by atoms with E-state index in [2.05, 4.69) is 14.9 Å². The molecular weight excluding hydrogens is 216 g/mol. The summed E-state index contributed by atoms with van der Waals surface area (Å²) in [6, 6.07) is 0.339. The topological polar surface area (TPSA) is 64.3 Å². The summed E-state index contributed by atoms with van der Waals surface area (Å²) in [5, 5.41) is 0.547. The molecule has 1 saturated heterocycles. The zero-order valence-corrected chi connectivity index (χ0v) is 9.24. The van der Waals surface area contributed by atoms with Gasteiger partial charge in [-0.05, 0) is 6.54 Å². The third-order valence-electron chi connectivity index (χ3n) is 2.48. The van der Waals surface area contributed by atoms with Crippen LogP contribution < -0.4 is 15.4 Å². The number of nitrogens with zero attached hydrogens (tertiary/aromatic N) is 3. The molecule has 82 valence electrons. The first-order chi connectivity index (χ1) is 7.24. The van der Waals surface area contributed by atoms with Crippen LogP contribution in [-0.2, 0) is 0 Å². The summed E-state index contributed by atoms with van der Waals surface area (Å²) < 4.78 is 4.95.